The molecule has 0 amide bonds. The smallest absolute Gasteiger partial charge is 0.244 e. The predicted octanol–water partition coefficient (Wildman–Crippen LogP) is 2.40. The molecule has 0 fully saturated rings. The highest BCUT2D eigenvalue weighted by Gasteiger charge is 2.27. The first-order valence-corrected chi connectivity index (χ1v) is 8.97. The van der Waals surface area contributed by atoms with Gasteiger partial charge in [0, 0.05) is 25.0 Å². The van der Waals surface area contributed by atoms with Gasteiger partial charge in [-0.25, -0.2) is 8.42 Å². The lowest BCUT2D eigenvalue weighted by Gasteiger charge is -2.17. The zero-order valence-corrected chi connectivity index (χ0v) is 13.2. The lowest BCUT2D eigenvalue weighted by atomic mass is 10.3. The maximum atomic E-state index is 12.6. The van der Waals surface area contributed by atoms with E-state index in [1.54, 1.807) is 25.3 Å². The number of thiophene rings is 2. The molecule has 0 aliphatic heterocycles. The van der Waals surface area contributed by atoms with Crippen LogP contribution in [0.5, 0.6) is 0 Å². The zero-order chi connectivity index (χ0) is 14.0. The van der Waals surface area contributed by atoms with Gasteiger partial charge in [0.1, 0.15) is 4.90 Å². The summed E-state index contributed by atoms with van der Waals surface area (Å²) in [5.41, 5.74) is 7.39. The van der Waals surface area contributed by atoms with Crippen LogP contribution in [0.15, 0.2) is 27.1 Å². The van der Waals surface area contributed by atoms with Gasteiger partial charge in [0.15, 0.2) is 0 Å². The summed E-state index contributed by atoms with van der Waals surface area (Å²) >= 11 is 2.96. The number of nitrogens with zero attached hydrogens (tertiary/aromatic N) is 1. The van der Waals surface area contributed by atoms with Gasteiger partial charge in [-0.15, -0.1) is 11.3 Å². The second-order valence-corrected chi connectivity index (χ2v) is 7.99. The third-order valence-corrected chi connectivity index (χ3v) is 6.85. The third kappa shape index (κ3) is 2.90. The first-order chi connectivity index (χ1) is 8.96. The normalized spacial score (nSPS) is 12.2. The molecule has 0 aliphatic rings. The Balaban J connectivity index is 2.33. The molecular formula is C12H16N2O2S3. The van der Waals surface area contributed by atoms with Crippen molar-refractivity contribution in [1.82, 2.24) is 4.31 Å². The van der Waals surface area contributed by atoms with Gasteiger partial charge in [0.25, 0.3) is 0 Å². The average molecular weight is 316 g/mol. The number of hydrogen-bond acceptors (Lipinski definition) is 5. The summed E-state index contributed by atoms with van der Waals surface area (Å²) in [6, 6.07) is 1.93. The molecule has 2 aromatic rings. The summed E-state index contributed by atoms with van der Waals surface area (Å²) in [5, 5.41) is 5.74. The largest absolute Gasteiger partial charge is 0.326 e. The standard InChI is InChI=1S/C12H16N2O2S3/c1-9-7-18-11(5-13)12(9)19(15,16)14(2)6-10-3-4-17-8-10/h3-4,7-8H,5-6,13H2,1-2H3. The summed E-state index contributed by atoms with van der Waals surface area (Å²) in [6.45, 7) is 2.44. The zero-order valence-electron chi connectivity index (χ0n) is 10.8. The van der Waals surface area contributed by atoms with Gasteiger partial charge in [-0.05, 0) is 40.3 Å². The Morgan fingerprint density at radius 1 is 1.37 bits per heavy atom. The Bertz CT molecular complexity index is 645. The van der Waals surface area contributed by atoms with Gasteiger partial charge < -0.3 is 5.73 Å². The van der Waals surface area contributed by atoms with Crippen molar-refractivity contribution in [3.8, 4) is 0 Å². The summed E-state index contributed by atoms with van der Waals surface area (Å²) in [5.74, 6) is 0. The molecule has 0 saturated heterocycles. The molecule has 0 aliphatic carbocycles. The second kappa shape index (κ2) is 5.72. The minimum atomic E-state index is -3.48. The van der Waals surface area contributed by atoms with E-state index in [-0.39, 0.29) is 6.54 Å². The van der Waals surface area contributed by atoms with Crippen molar-refractivity contribution < 1.29 is 8.42 Å². The van der Waals surface area contributed by atoms with E-state index in [0.717, 1.165) is 16.0 Å². The fourth-order valence-corrected chi connectivity index (χ4v) is 5.32. The second-order valence-electron chi connectivity index (χ2n) is 4.27. The molecule has 2 rings (SSSR count). The highest BCUT2D eigenvalue weighted by molar-refractivity contribution is 7.89. The number of sulfonamides is 1. The van der Waals surface area contributed by atoms with E-state index in [4.69, 9.17) is 5.73 Å². The highest BCUT2D eigenvalue weighted by Crippen LogP contribution is 2.29. The monoisotopic (exact) mass is 316 g/mol. The van der Waals surface area contributed by atoms with Crippen LogP contribution in [0, 0.1) is 6.92 Å². The Labute approximate surface area is 121 Å². The van der Waals surface area contributed by atoms with Crippen LogP contribution < -0.4 is 5.73 Å². The Morgan fingerprint density at radius 3 is 2.68 bits per heavy atom. The SMILES string of the molecule is Cc1csc(CN)c1S(=O)(=O)N(C)Cc1ccsc1. The van der Waals surface area contributed by atoms with Crippen LogP contribution in [0.1, 0.15) is 16.0 Å². The fraction of sp³-hybridized carbons (Fsp3) is 0.333. The summed E-state index contributed by atoms with van der Waals surface area (Å²) in [4.78, 5) is 1.09. The Hall–Kier alpha value is -0.730. The van der Waals surface area contributed by atoms with Crippen LogP contribution in [0.2, 0.25) is 0 Å². The predicted molar refractivity (Wildman–Crippen MR) is 79.9 cm³/mol. The Morgan fingerprint density at radius 2 is 2.11 bits per heavy atom. The van der Waals surface area contributed by atoms with E-state index in [2.05, 4.69) is 0 Å². The van der Waals surface area contributed by atoms with Crippen molar-refractivity contribution in [2.24, 2.45) is 5.73 Å². The van der Waals surface area contributed by atoms with E-state index in [1.165, 1.54) is 15.6 Å². The van der Waals surface area contributed by atoms with Gasteiger partial charge in [-0.2, -0.15) is 15.6 Å². The molecule has 2 aromatic heterocycles. The Kier molecular flexibility index (Phi) is 4.42. The van der Waals surface area contributed by atoms with Gasteiger partial charge >= 0.3 is 0 Å². The average Bonchev–Trinajstić information content (AvgIpc) is 2.98. The number of aryl methyl sites for hydroxylation is 1. The summed E-state index contributed by atoms with van der Waals surface area (Å²) in [7, 11) is -1.88. The van der Waals surface area contributed by atoms with Crippen LogP contribution >= 0.6 is 22.7 Å². The van der Waals surface area contributed by atoms with Crippen molar-refractivity contribution in [3.63, 3.8) is 0 Å². The van der Waals surface area contributed by atoms with Crippen molar-refractivity contribution in [1.29, 1.82) is 0 Å². The molecular weight excluding hydrogens is 300 g/mol. The fourth-order valence-electron chi connectivity index (χ4n) is 1.86. The van der Waals surface area contributed by atoms with E-state index in [0.29, 0.717) is 11.4 Å². The molecule has 104 valence electrons. The highest BCUT2D eigenvalue weighted by atomic mass is 32.2. The molecule has 2 heterocycles. The lowest BCUT2D eigenvalue weighted by molar-refractivity contribution is 0.466. The molecule has 19 heavy (non-hydrogen) atoms. The maximum Gasteiger partial charge on any atom is 0.244 e. The molecule has 0 unspecified atom stereocenters. The minimum absolute atomic E-state index is 0.249. The third-order valence-electron chi connectivity index (χ3n) is 2.83. The molecule has 7 heteroatoms. The van der Waals surface area contributed by atoms with Crippen LogP contribution in [-0.2, 0) is 23.1 Å². The molecule has 0 bridgehead atoms. The van der Waals surface area contributed by atoms with Gasteiger partial charge in [-0.3, -0.25) is 0 Å². The molecule has 0 spiro atoms. The quantitative estimate of drug-likeness (QED) is 0.921. The lowest BCUT2D eigenvalue weighted by Crippen LogP contribution is -2.27. The van der Waals surface area contributed by atoms with Gasteiger partial charge in [0.2, 0.25) is 10.0 Å². The maximum absolute atomic E-state index is 12.6. The van der Waals surface area contributed by atoms with E-state index < -0.39 is 10.0 Å². The molecule has 4 nitrogen and oxygen atoms in total. The molecule has 0 saturated carbocycles. The number of nitrogens with two attached hydrogens (primary N) is 1. The molecule has 2 N–H and O–H groups in total. The van der Waals surface area contributed by atoms with Crippen LogP contribution in [0.25, 0.3) is 0 Å². The van der Waals surface area contributed by atoms with Crippen LogP contribution in [0.3, 0.4) is 0 Å². The van der Waals surface area contributed by atoms with Crippen molar-refractivity contribution >= 4 is 32.7 Å². The van der Waals surface area contributed by atoms with Gasteiger partial charge in [-0.1, -0.05) is 0 Å². The van der Waals surface area contributed by atoms with Crippen molar-refractivity contribution in [2.75, 3.05) is 7.05 Å². The minimum Gasteiger partial charge on any atom is -0.326 e. The summed E-state index contributed by atoms with van der Waals surface area (Å²) in [6.07, 6.45) is 0. The van der Waals surface area contributed by atoms with Crippen molar-refractivity contribution in [3.05, 3.63) is 38.2 Å². The van der Waals surface area contributed by atoms with E-state index in [1.807, 2.05) is 22.2 Å². The molecule has 0 aromatic carbocycles. The van der Waals surface area contributed by atoms with Gasteiger partial charge in [0.05, 0.1) is 0 Å². The summed E-state index contributed by atoms with van der Waals surface area (Å²) < 4.78 is 26.6. The van der Waals surface area contributed by atoms with Crippen molar-refractivity contribution in [2.45, 2.75) is 24.9 Å². The van der Waals surface area contributed by atoms with Crippen LogP contribution in [-0.4, -0.2) is 19.8 Å². The molecule has 0 atom stereocenters. The first kappa shape index (κ1) is 14.7. The van der Waals surface area contributed by atoms with E-state index >= 15 is 0 Å². The van der Waals surface area contributed by atoms with E-state index in [9.17, 15) is 8.42 Å². The number of hydrogen-bond donors (Lipinski definition) is 1. The van der Waals surface area contributed by atoms with Crippen LogP contribution in [0.4, 0.5) is 0 Å². The number of rotatable bonds is 5. The topological polar surface area (TPSA) is 63.4 Å². The first-order valence-electron chi connectivity index (χ1n) is 5.71. The molecule has 0 radical (unpaired) electrons.